The van der Waals surface area contributed by atoms with Crippen LogP contribution in [0.1, 0.15) is 53.9 Å². The van der Waals surface area contributed by atoms with Gasteiger partial charge in [-0.05, 0) is 52.2 Å². The molecule has 1 saturated heterocycles. The van der Waals surface area contributed by atoms with Crippen molar-refractivity contribution in [1.29, 1.82) is 0 Å². The van der Waals surface area contributed by atoms with Crippen molar-refractivity contribution in [3.05, 3.63) is 53.5 Å². The van der Waals surface area contributed by atoms with Gasteiger partial charge in [0.05, 0.1) is 6.10 Å². The smallest absolute Gasteiger partial charge is 0.164 e. The first-order valence-corrected chi connectivity index (χ1v) is 11.9. The van der Waals surface area contributed by atoms with Gasteiger partial charge in [-0.1, -0.05) is 37.6 Å². The molecule has 2 heterocycles. The molecule has 0 aromatic heterocycles. The summed E-state index contributed by atoms with van der Waals surface area (Å²) < 4.78 is 25.0. The van der Waals surface area contributed by atoms with Crippen LogP contribution in [-0.2, 0) is 18.9 Å². The van der Waals surface area contributed by atoms with E-state index in [1.807, 2.05) is 25.6 Å². The molecule has 0 radical (unpaired) electrons. The molecule has 1 fully saturated rings. The molecule has 0 amide bonds. The van der Waals surface area contributed by atoms with Gasteiger partial charge >= 0.3 is 0 Å². The van der Waals surface area contributed by atoms with Crippen molar-refractivity contribution in [3.63, 3.8) is 0 Å². The molecule has 0 saturated carbocycles. The van der Waals surface area contributed by atoms with Crippen LogP contribution in [0.15, 0.2) is 58.4 Å². The minimum absolute atomic E-state index is 0.0203. The van der Waals surface area contributed by atoms with E-state index in [4.69, 9.17) is 18.9 Å². The highest BCUT2D eigenvalue weighted by atomic mass is 32.2. The molecular weight excluding hydrogens is 396 g/mol. The van der Waals surface area contributed by atoms with Gasteiger partial charge in [0.1, 0.15) is 25.1 Å². The third kappa shape index (κ3) is 3.92. The number of thioether (sulfide) groups is 1. The molecule has 0 bridgehead atoms. The van der Waals surface area contributed by atoms with Crippen LogP contribution in [0.25, 0.3) is 0 Å². The first kappa shape index (κ1) is 21.8. The summed E-state index contributed by atoms with van der Waals surface area (Å²) in [5.74, 6) is 1.24. The lowest BCUT2D eigenvalue weighted by molar-refractivity contribution is -0.185. The summed E-state index contributed by atoms with van der Waals surface area (Å²) in [7, 11) is 0. The summed E-state index contributed by atoms with van der Waals surface area (Å²) in [6.45, 7) is 12.1. The third-order valence-electron chi connectivity index (χ3n) is 6.64. The predicted molar refractivity (Wildman–Crippen MR) is 120 cm³/mol. The summed E-state index contributed by atoms with van der Waals surface area (Å²) in [5.41, 5.74) is 1.91. The van der Waals surface area contributed by atoms with Crippen LogP contribution >= 0.6 is 11.8 Å². The Balaban J connectivity index is 1.61. The number of rotatable bonds is 5. The van der Waals surface area contributed by atoms with Gasteiger partial charge in [-0.25, -0.2) is 0 Å². The Labute approximate surface area is 185 Å². The summed E-state index contributed by atoms with van der Waals surface area (Å²) in [4.78, 5) is 1.29. The summed E-state index contributed by atoms with van der Waals surface area (Å²) in [5, 5.41) is 0. The fourth-order valence-electron chi connectivity index (χ4n) is 5.37. The highest BCUT2D eigenvalue weighted by Gasteiger charge is 2.63. The Morgan fingerprint density at radius 2 is 1.83 bits per heavy atom. The fraction of sp³-hybridized carbons (Fsp3) is 0.600. The van der Waals surface area contributed by atoms with E-state index < -0.39 is 11.4 Å². The van der Waals surface area contributed by atoms with Crippen LogP contribution < -0.4 is 0 Å². The van der Waals surface area contributed by atoms with Crippen LogP contribution in [0.3, 0.4) is 0 Å². The van der Waals surface area contributed by atoms with Crippen LogP contribution in [-0.4, -0.2) is 36.5 Å². The molecule has 4 nitrogen and oxygen atoms in total. The topological polar surface area (TPSA) is 36.9 Å². The van der Waals surface area contributed by atoms with Crippen molar-refractivity contribution in [2.75, 3.05) is 19.0 Å². The van der Waals surface area contributed by atoms with Gasteiger partial charge in [-0.3, -0.25) is 0 Å². The van der Waals surface area contributed by atoms with Crippen molar-refractivity contribution in [1.82, 2.24) is 0 Å². The predicted octanol–water partition coefficient (Wildman–Crippen LogP) is 6.08. The van der Waals surface area contributed by atoms with E-state index in [-0.39, 0.29) is 11.5 Å². The summed E-state index contributed by atoms with van der Waals surface area (Å²) in [6.07, 6.45) is 4.67. The fourth-order valence-corrected chi connectivity index (χ4v) is 6.29. The largest absolute Gasteiger partial charge is 0.494 e. The first-order chi connectivity index (χ1) is 14.3. The molecule has 1 spiro atoms. The Bertz CT molecular complexity index is 827. The van der Waals surface area contributed by atoms with Gasteiger partial charge in [0, 0.05) is 21.6 Å². The van der Waals surface area contributed by atoms with Crippen molar-refractivity contribution in [3.8, 4) is 0 Å². The van der Waals surface area contributed by atoms with E-state index >= 15 is 0 Å². The zero-order valence-electron chi connectivity index (χ0n) is 18.8. The number of allylic oxidation sites excluding steroid dienone is 2. The molecule has 4 rings (SSSR count). The second kappa shape index (κ2) is 8.25. The average Bonchev–Trinajstić information content (AvgIpc) is 2.98. The zero-order valence-corrected chi connectivity index (χ0v) is 19.6. The molecular formula is C25H34O4S. The van der Waals surface area contributed by atoms with Gasteiger partial charge in [0.15, 0.2) is 11.5 Å². The molecule has 30 heavy (non-hydrogen) atoms. The number of hydrogen-bond acceptors (Lipinski definition) is 5. The second-order valence-electron chi connectivity index (χ2n) is 9.43. The molecule has 0 unspecified atom stereocenters. The Morgan fingerprint density at radius 3 is 2.53 bits per heavy atom. The van der Waals surface area contributed by atoms with Gasteiger partial charge in [-0.15, -0.1) is 11.8 Å². The first-order valence-electron chi connectivity index (χ1n) is 11.0. The standard InChI is InChI=1S/C25H34O4S/c1-18-11-13-25(23(2,3)22(18)20-17-26-14-15-27-20)21(28-24(4,5)29-25)12-16-30-19-9-7-6-8-10-19/h6-10,17,21H,11-16H2,1-5H3/t21-,25+/m0/s1. The number of benzene rings is 1. The number of hydrogen-bond donors (Lipinski definition) is 0. The summed E-state index contributed by atoms with van der Waals surface area (Å²) >= 11 is 1.88. The van der Waals surface area contributed by atoms with Gasteiger partial charge in [-0.2, -0.15) is 0 Å². The second-order valence-corrected chi connectivity index (χ2v) is 10.6. The SMILES string of the molecule is CC1=C(C2=COCCO2)C(C)(C)[C@]2(CC1)OC(C)(C)O[C@H]2CCSc1ccccc1. The monoisotopic (exact) mass is 430 g/mol. The lowest BCUT2D eigenvalue weighted by atomic mass is 9.59. The molecule has 1 aromatic carbocycles. The van der Waals surface area contributed by atoms with Crippen molar-refractivity contribution in [2.45, 2.75) is 76.3 Å². The van der Waals surface area contributed by atoms with Crippen molar-refractivity contribution < 1.29 is 18.9 Å². The third-order valence-corrected chi connectivity index (χ3v) is 7.69. The molecule has 3 aliphatic rings. The maximum absolute atomic E-state index is 6.79. The van der Waals surface area contributed by atoms with Crippen molar-refractivity contribution in [2.24, 2.45) is 5.41 Å². The minimum atomic E-state index is -0.603. The maximum Gasteiger partial charge on any atom is 0.164 e. The average molecular weight is 431 g/mol. The zero-order chi connectivity index (χ0) is 21.4. The maximum atomic E-state index is 6.79. The van der Waals surface area contributed by atoms with E-state index in [2.05, 4.69) is 51.1 Å². The van der Waals surface area contributed by atoms with E-state index in [9.17, 15) is 0 Å². The van der Waals surface area contributed by atoms with Crippen LogP contribution in [0.2, 0.25) is 0 Å². The lowest BCUT2D eigenvalue weighted by Crippen LogP contribution is -2.56. The van der Waals surface area contributed by atoms with Crippen LogP contribution in [0, 0.1) is 5.41 Å². The normalized spacial score (nSPS) is 30.0. The molecule has 5 heteroatoms. The van der Waals surface area contributed by atoms with Crippen LogP contribution in [0.4, 0.5) is 0 Å². The van der Waals surface area contributed by atoms with Gasteiger partial charge in [0.2, 0.25) is 0 Å². The molecule has 1 aromatic rings. The molecule has 164 valence electrons. The number of ether oxygens (including phenoxy) is 4. The Morgan fingerprint density at radius 1 is 1.07 bits per heavy atom. The molecule has 2 aliphatic heterocycles. The van der Waals surface area contributed by atoms with E-state index in [0.717, 1.165) is 30.8 Å². The highest BCUT2D eigenvalue weighted by molar-refractivity contribution is 7.99. The van der Waals surface area contributed by atoms with Gasteiger partial charge < -0.3 is 18.9 Å². The van der Waals surface area contributed by atoms with Crippen LogP contribution in [0.5, 0.6) is 0 Å². The molecule has 0 N–H and O–H groups in total. The Kier molecular flexibility index (Phi) is 5.99. The van der Waals surface area contributed by atoms with Gasteiger partial charge in [0.25, 0.3) is 0 Å². The van der Waals surface area contributed by atoms with Crippen molar-refractivity contribution >= 4 is 11.8 Å². The quantitative estimate of drug-likeness (QED) is 0.529. The lowest BCUT2D eigenvalue weighted by Gasteiger charge is -2.51. The molecule has 2 atom stereocenters. The summed E-state index contributed by atoms with van der Waals surface area (Å²) in [6, 6.07) is 10.6. The van der Waals surface area contributed by atoms with E-state index in [1.165, 1.54) is 16.0 Å². The molecule has 1 aliphatic carbocycles. The minimum Gasteiger partial charge on any atom is -0.494 e. The highest BCUT2D eigenvalue weighted by Crippen LogP contribution is 2.59. The van der Waals surface area contributed by atoms with E-state index in [0.29, 0.717) is 13.2 Å². The Hall–Kier alpha value is -1.43. The van der Waals surface area contributed by atoms with E-state index in [1.54, 1.807) is 6.26 Å².